The topological polar surface area (TPSA) is 112 Å². The van der Waals surface area contributed by atoms with E-state index >= 15 is 0 Å². The number of aromatic hydroxyl groups is 1. The molecule has 7 nitrogen and oxygen atoms in total. The number of nitrogens with one attached hydrogen (secondary N) is 1. The third-order valence-corrected chi connectivity index (χ3v) is 4.45. The number of anilines is 1. The van der Waals surface area contributed by atoms with Crippen LogP contribution in [0.4, 0.5) is 5.13 Å². The van der Waals surface area contributed by atoms with E-state index in [4.69, 9.17) is 5.11 Å². The highest BCUT2D eigenvalue weighted by Gasteiger charge is 2.14. The summed E-state index contributed by atoms with van der Waals surface area (Å²) in [6.45, 7) is 1.64. The number of carboxylic acids is 1. The van der Waals surface area contributed by atoms with Crippen LogP contribution < -0.4 is 5.32 Å². The van der Waals surface area contributed by atoms with Gasteiger partial charge in [-0.25, -0.2) is 0 Å². The first-order chi connectivity index (χ1) is 9.97. The number of hydrogen-bond donors (Lipinski definition) is 3. The summed E-state index contributed by atoms with van der Waals surface area (Å²) in [6.07, 6.45) is 0. The summed E-state index contributed by atoms with van der Waals surface area (Å²) < 4.78 is 0.459. The molecule has 0 unspecified atom stereocenters. The van der Waals surface area contributed by atoms with Crippen molar-refractivity contribution in [3.8, 4) is 5.75 Å². The number of rotatable bonds is 5. The SMILES string of the molecule is Cc1c(O)cccc1C(=O)Nc1nnc(SCC(=O)O)s1. The Morgan fingerprint density at radius 3 is 2.86 bits per heavy atom. The molecule has 0 atom stereocenters. The number of nitrogens with zero attached hydrogens (tertiary/aromatic N) is 2. The maximum atomic E-state index is 12.1. The van der Waals surface area contributed by atoms with Crippen molar-refractivity contribution in [3.63, 3.8) is 0 Å². The van der Waals surface area contributed by atoms with Crippen molar-refractivity contribution in [1.82, 2.24) is 10.2 Å². The first-order valence-corrected chi connectivity index (χ1v) is 7.55. The number of aromatic nitrogens is 2. The number of amides is 1. The highest BCUT2D eigenvalue weighted by Crippen LogP contribution is 2.26. The Kier molecular flexibility index (Phi) is 4.76. The summed E-state index contributed by atoms with van der Waals surface area (Å²) in [4.78, 5) is 22.5. The van der Waals surface area contributed by atoms with E-state index in [-0.39, 0.29) is 16.6 Å². The number of hydrogen-bond acceptors (Lipinski definition) is 7. The first-order valence-electron chi connectivity index (χ1n) is 5.75. The quantitative estimate of drug-likeness (QED) is 0.569. The number of carbonyl (C=O) groups is 2. The van der Waals surface area contributed by atoms with E-state index < -0.39 is 11.9 Å². The predicted octanol–water partition coefficient (Wildman–Crippen LogP) is 1.98. The van der Waals surface area contributed by atoms with Crippen LogP contribution in [0.15, 0.2) is 22.5 Å². The van der Waals surface area contributed by atoms with Crippen LogP contribution in [0.25, 0.3) is 0 Å². The molecule has 1 aromatic heterocycles. The lowest BCUT2D eigenvalue weighted by Crippen LogP contribution is -2.13. The van der Waals surface area contributed by atoms with Gasteiger partial charge < -0.3 is 10.2 Å². The van der Waals surface area contributed by atoms with E-state index in [2.05, 4.69) is 15.5 Å². The van der Waals surface area contributed by atoms with E-state index in [9.17, 15) is 14.7 Å². The molecule has 110 valence electrons. The fourth-order valence-corrected chi connectivity index (χ4v) is 2.94. The van der Waals surface area contributed by atoms with Crippen LogP contribution in [0.5, 0.6) is 5.75 Å². The summed E-state index contributed by atoms with van der Waals surface area (Å²) >= 11 is 2.12. The lowest BCUT2D eigenvalue weighted by molar-refractivity contribution is -0.133. The van der Waals surface area contributed by atoms with Gasteiger partial charge in [0.15, 0.2) is 4.34 Å². The fraction of sp³-hybridized carbons (Fsp3) is 0.167. The zero-order valence-corrected chi connectivity index (χ0v) is 12.5. The lowest BCUT2D eigenvalue weighted by Gasteiger charge is -2.06. The van der Waals surface area contributed by atoms with Crippen LogP contribution in [0.3, 0.4) is 0 Å². The summed E-state index contributed by atoms with van der Waals surface area (Å²) in [5.74, 6) is -1.43. The Balaban J connectivity index is 2.06. The van der Waals surface area contributed by atoms with Crippen molar-refractivity contribution in [2.75, 3.05) is 11.1 Å². The van der Waals surface area contributed by atoms with Crippen LogP contribution in [0.2, 0.25) is 0 Å². The Morgan fingerprint density at radius 1 is 1.38 bits per heavy atom. The minimum atomic E-state index is -0.948. The second kappa shape index (κ2) is 6.55. The van der Waals surface area contributed by atoms with E-state index in [1.54, 1.807) is 19.1 Å². The minimum Gasteiger partial charge on any atom is -0.508 e. The van der Waals surface area contributed by atoms with Gasteiger partial charge in [0.25, 0.3) is 5.91 Å². The Labute approximate surface area is 128 Å². The van der Waals surface area contributed by atoms with Gasteiger partial charge in [-0.1, -0.05) is 29.2 Å². The molecule has 0 radical (unpaired) electrons. The van der Waals surface area contributed by atoms with Gasteiger partial charge >= 0.3 is 5.97 Å². The molecule has 0 aliphatic rings. The highest BCUT2D eigenvalue weighted by molar-refractivity contribution is 8.01. The smallest absolute Gasteiger partial charge is 0.313 e. The number of carbonyl (C=O) groups excluding carboxylic acids is 1. The summed E-state index contributed by atoms with van der Waals surface area (Å²) in [6, 6.07) is 4.66. The van der Waals surface area contributed by atoms with Crippen LogP contribution in [0.1, 0.15) is 15.9 Å². The summed E-state index contributed by atoms with van der Waals surface area (Å²) in [5.41, 5.74) is 0.810. The van der Waals surface area contributed by atoms with Gasteiger partial charge in [0.2, 0.25) is 5.13 Å². The van der Waals surface area contributed by atoms with Gasteiger partial charge in [-0.3, -0.25) is 14.9 Å². The van der Waals surface area contributed by atoms with Gasteiger partial charge in [0, 0.05) is 11.1 Å². The predicted molar refractivity (Wildman–Crippen MR) is 79.1 cm³/mol. The Morgan fingerprint density at radius 2 is 2.14 bits per heavy atom. The standard InChI is InChI=1S/C12H11N3O4S2/c1-6-7(3-2-4-8(6)16)10(19)13-11-14-15-12(21-11)20-5-9(17)18/h2-4,16H,5H2,1H3,(H,17,18)(H,13,14,19). The zero-order chi connectivity index (χ0) is 15.4. The molecule has 0 bridgehead atoms. The lowest BCUT2D eigenvalue weighted by atomic mass is 10.1. The summed E-state index contributed by atoms with van der Waals surface area (Å²) in [7, 11) is 0. The number of phenols is 1. The van der Waals surface area contributed by atoms with E-state index in [1.165, 1.54) is 6.07 Å². The molecule has 2 rings (SSSR count). The van der Waals surface area contributed by atoms with Gasteiger partial charge in [-0.2, -0.15) is 0 Å². The number of aliphatic carboxylic acids is 1. The minimum absolute atomic E-state index is 0.0395. The molecule has 0 saturated heterocycles. The van der Waals surface area contributed by atoms with Crippen LogP contribution in [0, 0.1) is 6.92 Å². The molecule has 0 aliphatic carbocycles. The molecule has 2 aromatic rings. The Hall–Kier alpha value is -2.13. The molecule has 1 aromatic carbocycles. The molecule has 0 spiro atoms. The average molecular weight is 325 g/mol. The molecule has 1 amide bonds. The third kappa shape index (κ3) is 3.92. The maximum absolute atomic E-state index is 12.1. The molecule has 0 fully saturated rings. The monoisotopic (exact) mass is 325 g/mol. The molecular weight excluding hydrogens is 314 g/mol. The fourth-order valence-electron chi connectivity index (χ4n) is 1.48. The number of benzene rings is 1. The zero-order valence-electron chi connectivity index (χ0n) is 10.9. The molecule has 0 saturated carbocycles. The van der Waals surface area contributed by atoms with E-state index in [0.717, 1.165) is 23.1 Å². The average Bonchev–Trinajstić information content (AvgIpc) is 2.87. The normalized spacial score (nSPS) is 10.3. The Bertz CT molecular complexity index is 687. The van der Waals surface area contributed by atoms with E-state index in [1.807, 2.05) is 0 Å². The van der Waals surface area contributed by atoms with Crippen molar-refractivity contribution in [2.45, 2.75) is 11.3 Å². The maximum Gasteiger partial charge on any atom is 0.313 e. The van der Waals surface area contributed by atoms with Gasteiger partial charge in [-0.05, 0) is 19.1 Å². The van der Waals surface area contributed by atoms with Crippen molar-refractivity contribution in [1.29, 1.82) is 0 Å². The van der Waals surface area contributed by atoms with Gasteiger partial charge in [0.05, 0.1) is 5.75 Å². The second-order valence-corrected chi connectivity index (χ2v) is 6.16. The molecular formula is C12H11N3O4S2. The summed E-state index contributed by atoms with van der Waals surface area (Å²) in [5, 5.41) is 28.5. The molecule has 3 N–H and O–H groups in total. The molecule has 0 aliphatic heterocycles. The van der Waals surface area contributed by atoms with Gasteiger partial charge in [-0.15, -0.1) is 10.2 Å². The highest BCUT2D eigenvalue weighted by atomic mass is 32.2. The van der Waals surface area contributed by atoms with Crippen molar-refractivity contribution >= 4 is 40.1 Å². The van der Waals surface area contributed by atoms with Gasteiger partial charge in [0.1, 0.15) is 5.75 Å². The van der Waals surface area contributed by atoms with Crippen LogP contribution in [-0.2, 0) is 4.79 Å². The van der Waals surface area contributed by atoms with Crippen molar-refractivity contribution in [3.05, 3.63) is 29.3 Å². The number of phenolic OH excluding ortho intramolecular Hbond substituents is 1. The number of thioether (sulfide) groups is 1. The first kappa shape index (κ1) is 15.3. The van der Waals surface area contributed by atoms with E-state index in [0.29, 0.717) is 15.5 Å². The largest absolute Gasteiger partial charge is 0.508 e. The molecule has 1 heterocycles. The molecule has 9 heteroatoms. The van der Waals surface area contributed by atoms with Crippen molar-refractivity contribution in [2.24, 2.45) is 0 Å². The third-order valence-electron chi connectivity index (χ3n) is 2.50. The van der Waals surface area contributed by atoms with Crippen molar-refractivity contribution < 1.29 is 19.8 Å². The number of carboxylic acid groups (broad SMARTS) is 1. The molecule has 21 heavy (non-hydrogen) atoms. The van der Waals surface area contributed by atoms with Crippen LogP contribution >= 0.6 is 23.1 Å². The second-order valence-electron chi connectivity index (χ2n) is 3.96. The van der Waals surface area contributed by atoms with Crippen LogP contribution in [-0.4, -0.2) is 38.0 Å².